The Bertz CT molecular complexity index is 4450. The van der Waals surface area contributed by atoms with Gasteiger partial charge in [-0.3, -0.25) is 53.0 Å². The number of carbonyl (C=O) groups is 8. The van der Waals surface area contributed by atoms with E-state index >= 15 is 19.2 Å². The van der Waals surface area contributed by atoms with Crippen molar-refractivity contribution in [2.24, 2.45) is 11.5 Å². The van der Waals surface area contributed by atoms with Crippen molar-refractivity contribution in [3.63, 3.8) is 0 Å². The van der Waals surface area contributed by atoms with E-state index in [9.17, 15) is 19.2 Å². The summed E-state index contributed by atoms with van der Waals surface area (Å²) >= 11 is 0. The molecule has 520 valence electrons. The number of likely N-dealkylation sites (tertiary alicyclic amines) is 2. The minimum absolute atomic E-state index is 0.0116. The molecule has 8 amide bonds. The fraction of sp³-hybridized carbons (Fsp3) is 0.377. The van der Waals surface area contributed by atoms with E-state index in [-0.39, 0.29) is 68.4 Å². The molecule has 11 rings (SSSR count). The number of nitrogens with two attached hydrogens (primary N) is 2. The molecule has 0 saturated carbocycles. The molecule has 5 heterocycles. The first-order valence-corrected chi connectivity index (χ1v) is 34.9. The Kier molecular flexibility index (Phi) is 23.3. The van der Waals surface area contributed by atoms with Crippen molar-refractivity contribution in [3.8, 4) is 0 Å². The number of likely N-dealkylation sites (N-methyl/N-ethyl adjacent to an activating group) is 2. The Hall–Kier alpha value is -10.5. The molecule has 0 aliphatic carbocycles. The smallest absolute Gasteiger partial charge is 0.256 e. The van der Waals surface area contributed by atoms with Crippen molar-refractivity contribution in [2.75, 3.05) is 53.4 Å². The SMILES string of the molecule is CCc1nc2cc3ccccc3cc2cc1C(=O)N[C@@H](Cc1cn(CC[C@@H](C(=O)N2CCC[C@H]2C(=O)N[C@@H](Cc2ccccc2)C(=O)NCCCN)N(C)C(=O)c2cc3cc4ccccc4cc3nc2CC)nn1)C(=O)N1CCC[C@H]1C(=O)N(C)[C@@H](Cc1ccccc1)C(=O)NCCCN. The van der Waals surface area contributed by atoms with Crippen LogP contribution < -0.4 is 32.7 Å². The molecular weight excluding hydrogens is 1260 g/mol. The van der Waals surface area contributed by atoms with E-state index in [1.807, 2.05) is 153 Å². The summed E-state index contributed by atoms with van der Waals surface area (Å²) in [5.74, 6) is -3.75. The molecule has 0 unspecified atom stereocenters. The molecule has 9 aromatic rings. The Morgan fingerprint density at radius 2 is 1.07 bits per heavy atom. The monoisotopic (exact) mass is 1350 g/mol. The average molecular weight is 1350 g/mol. The standard InChI is InChI=1S/C77H89N15O8/c1-5-60-58(43-55-41-51-25-13-15-27-53(51)45-62(55)82-60)70(93)85-65(75(98)92-37-18-30-68(92)76(99)89(4)69(72(95)81-35-20-33-79)40-50-23-11-8-12-24-50)47-57-48-90(87-86-57)38-31-67(88(3)74(97)59-44-56-42-52-26-14-16-28-54(52)46-63(56)83-61(59)6-2)77(100)91-36-17-29-66(91)73(96)84-64(71(94)80-34-19-32-78)39-49-21-9-7-10-22-49/h7-16,21-28,41-46,48,64-69H,5-6,17-20,29-40,47,78-79H2,1-4H3,(H,80,94)(H,81,95)(H,84,96)(H,85,93)/t64-,65-,66-,67-,68-,69-/m0/s1. The lowest BCUT2D eigenvalue weighted by molar-refractivity contribution is -0.147. The van der Waals surface area contributed by atoms with Crippen LogP contribution in [-0.4, -0.2) is 181 Å². The van der Waals surface area contributed by atoms with E-state index in [0.29, 0.717) is 106 Å². The number of nitrogens with zero attached hydrogens (tertiary/aromatic N) is 9. The lowest BCUT2D eigenvalue weighted by atomic mass is 10.0. The third-order valence-electron chi connectivity index (χ3n) is 19.3. The summed E-state index contributed by atoms with van der Waals surface area (Å²) in [6, 6.07) is 39.7. The molecule has 100 heavy (non-hydrogen) atoms. The lowest BCUT2D eigenvalue weighted by Gasteiger charge is -2.34. The maximum Gasteiger partial charge on any atom is 0.256 e. The van der Waals surface area contributed by atoms with Gasteiger partial charge >= 0.3 is 0 Å². The first-order valence-electron chi connectivity index (χ1n) is 34.9. The van der Waals surface area contributed by atoms with E-state index in [2.05, 4.69) is 31.6 Å². The summed E-state index contributed by atoms with van der Waals surface area (Å²) in [5, 5.41) is 26.3. The lowest BCUT2D eigenvalue weighted by Crippen LogP contribution is -2.57. The van der Waals surface area contributed by atoms with Crippen molar-refractivity contribution in [3.05, 3.63) is 191 Å². The molecule has 0 bridgehead atoms. The first kappa shape index (κ1) is 70.8. The third kappa shape index (κ3) is 16.4. The van der Waals surface area contributed by atoms with Crippen molar-refractivity contribution in [1.29, 1.82) is 0 Å². The van der Waals surface area contributed by atoms with Crippen LogP contribution in [0.4, 0.5) is 0 Å². The largest absolute Gasteiger partial charge is 0.354 e. The fourth-order valence-electron chi connectivity index (χ4n) is 13.8. The second-order valence-electron chi connectivity index (χ2n) is 26.0. The van der Waals surface area contributed by atoms with Crippen LogP contribution in [0.25, 0.3) is 43.4 Å². The predicted molar refractivity (Wildman–Crippen MR) is 384 cm³/mol. The van der Waals surface area contributed by atoms with Crippen molar-refractivity contribution >= 4 is 90.6 Å². The number of aryl methyl sites for hydroxylation is 3. The highest BCUT2D eigenvalue weighted by Crippen LogP contribution is 2.30. The predicted octanol–water partition coefficient (Wildman–Crippen LogP) is 6.39. The number of fused-ring (bicyclic) bond motifs is 4. The van der Waals surface area contributed by atoms with Crippen LogP contribution >= 0.6 is 0 Å². The van der Waals surface area contributed by atoms with Gasteiger partial charge in [-0.2, -0.15) is 0 Å². The Balaban J connectivity index is 0.893. The van der Waals surface area contributed by atoms with Gasteiger partial charge in [0.1, 0.15) is 36.3 Å². The second-order valence-corrected chi connectivity index (χ2v) is 26.0. The van der Waals surface area contributed by atoms with Gasteiger partial charge in [0.25, 0.3) is 11.8 Å². The molecular formula is C77H89N15O8. The number of amides is 8. The van der Waals surface area contributed by atoms with Crippen molar-refractivity contribution in [1.82, 2.24) is 65.8 Å². The van der Waals surface area contributed by atoms with E-state index in [1.165, 1.54) is 24.3 Å². The van der Waals surface area contributed by atoms with E-state index in [1.54, 1.807) is 26.4 Å². The van der Waals surface area contributed by atoms with Crippen LogP contribution in [-0.2, 0) is 67.4 Å². The summed E-state index contributed by atoms with van der Waals surface area (Å²) in [7, 11) is 3.15. The third-order valence-corrected chi connectivity index (χ3v) is 19.3. The summed E-state index contributed by atoms with van der Waals surface area (Å²) in [5.41, 5.74) is 16.5. The normalized spacial score (nSPS) is 15.7. The number of aromatic nitrogens is 5. The summed E-state index contributed by atoms with van der Waals surface area (Å²) < 4.78 is 1.51. The Labute approximate surface area is 581 Å². The maximum atomic E-state index is 15.6. The summed E-state index contributed by atoms with van der Waals surface area (Å²) in [4.78, 5) is 135. The van der Waals surface area contributed by atoms with Gasteiger partial charge in [0, 0.05) is 83.1 Å². The molecule has 2 aliphatic rings. The van der Waals surface area contributed by atoms with Gasteiger partial charge in [-0.1, -0.05) is 128 Å². The van der Waals surface area contributed by atoms with Gasteiger partial charge in [0.05, 0.1) is 39.2 Å². The van der Waals surface area contributed by atoms with E-state index in [0.717, 1.165) is 43.4 Å². The minimum Gasteiger partial charge on any atom is -0.354 e. The molecule has 8 N–H and O–H groups in total. The van der Waals surface area contributed by atoms with Gasteiger partial charge in [0.15, 0.2) is 0 Å². The molecule has 23 heteroatoms. The van der Waals surface area contributed by atoms with Crippen LogP contribution in [0, 0.1) is 0 Å². The molecule has 6 atom stereocenters. The zero-order valence-electron chi connectivity index (χ0n) is 57.3. The van der Waals surface area contributed by atoms with Crippen LogP contribution in [0.5, 0.6) is 0 Å². The van der Waals surface area contributed by atoms with Crippen LogP contribution in [0.2, 0.25) is 0 Å². The Morgan fingerprint density at radius 1 is 0.550 bits per heavy atom. The second kappa shape index (κ2) is 32.9. The van der Waals surface area contributed by atoms with Gasteiger partial charge in [-0.15, -0.1) is 5.10 Å². The van der Waals surface area contributed by atoms with Crippen molar-refractivity contribution < 1.29 is 38.4 Å². The number of rotatable bonds is 29. The van der Waals surface area contributed by atoms with E-state index in [4.69, 9.17) is 21.4 Å². The van der Waals surface area contributed by atoms with Crippen LogP contribution in [0.1, 0.15) is 108 Å². The molecule has 2 fully saturated rings. The molecule has 2 saturated heterocycles. The van der Waals surface area contributed by atoms with E-state index < -0.39 is 71.7 Å². The fourth-order valence-corrected chi connectivity index (χ4v) is 13.8. The molecule has 0 radical (unpaired) electrons. The van der Waals surface area contributed by atoms with Gasteiger partial charge in [-0.05, 0) is 140 Å². The zero-order valence-corrected chi connectivity index (χ0v) is 57.3. The number of carbonyl (C=O) groups excluding carboxylic acids is 8. The molecule has 0 spiro atoms. The number of benzene rings is 6. The highest BCUT2D eigenvalue weighted by molar-refractivity contribution is 6.06. The highest BCUT2D eigenvalue weighted by Gasteiger charge is 2.43. The molecule has 6 aromatic carbocycles. The summed E-state index contributed by atoms with van der Waals surface area (Å²) in [6.07, 6.45) is 5.27. The van der Waals surface area contributed by atoms with Gasteiger partial charge in [0.2, 0.25) is 35.4 Å². The number of hydrogen-bond acceptors (Lipinski definition) is 14. The topological polar surface area (TPSA) is 306 Å². The number of pyridine rings is 2. The maximum absolute atomic E-state index is 15.6. The Morgan fingerprint density at radius 3 is 1.65 bits per heavy atom. The minimum atomic E-state index is -1.31. The quantitative estimate of drug-likeness (QED) is 0.0219. The van der Waals surface area contributed by atoms with Crippen LogP contribution in [0.15, 0.2) is 152 Å². The number of nitrogens with one attached hydrogen (secondary N) is 4. The molecule has 3 aromatic heterocycles. The number of hydrogen-bond donors (Lipinski definition) is 6. The average Bonchev–Trinajstić information content (AvgIpc) is 0.923. The molecule has 2 aliphatic heterocycles. The highest BCUT2D eigenvalue weighted by atomic mass is 16.2. The zero-order chi connectivity index (χ0) is 70.4. The van der Waals surface area contributed by atoms with Crippen LogP contribution in [0.3, 0.4) is 0 Å². The first-order chi connectivity index (χ1) is 48.5. The van der Waals surface area contributed by atoms with Gasteiger partial charge < -0.3 is 52.3 Å². The van der Waals surface area contributed by atoms with Crippen molar-refractivity contribution in [2.45, 2.75) is 134 Å². The summed E-state index contributed by atoms with van der Waals surface area (Å²) in [6.45, 7) is 5.59. The molecule has 23 nitrogen and oxygen atoms in total. The van der Waals surface area contributed by atoms with Gasteiger partial charge in [-0.25, -0.2) is 0 Å².